The van der Waals surface area contributed by atoms with Crippen molar-refractivity contribution in [2.75, 3.05) is 0 Å². The maximum atomic E-state index is 4.27. The monoisotopic (exact) mass is 157 g/mol. The van der Waals surface area contributed by atoms with Crippen LogP contribution in [-0.2, 0) is 6.54 Å². The average molecular weight is 157 g/mol. The van der Waals surface area contributed by atoms with Gasteiger partial charge in [-0.1, -0.05) is 6.07 Å². The lowest BCUT2D eigenvalue weighted by molar-refractivity contribution is 0.931. The fourth-order valence-electron chi connectivity index (χ4n) is 1.57. The van der Waals surface area contributed by atoms with E-state index < -0.39 is 0 Å². The van der Waals surface area contributed by atoms with Gasteiger partial charge in [0.15, 0.2) is 0 Å². The standard InChI is InChI=1S/C9H7N3/c1-2-7-4-10-5-8-6-11-9(3-1)12(7)8/h1-4,6H,5H2. The smallest absolute Gasteiger partial charge is 0.137 e. The molecule has 0 saturated carbocycles. The van der Waals surface area contributed by atoms with Crippen molar-refractivity contribution < 1.29 is 0 Å². The average Bonchev–Trinajstić information content (AvgIpc) is 2.52. The first-order valence-electron chi connectivity index (χ1n) is 3.90. The maximum absolute atomic E-state index is 4.27. The van der Waals surface area contributed by atoms with E-state index in [4.69, 9.17) is 0 Å². The largest absolute Gasteiger partial charge is 0.294 e. The minimum Gasteiger partial charge on any atom is -0.294 e. The number of aliphatic imine (C=N–C) groups is 1. The van der Waals surface area contributed by atoms with E-state index in [2.05, 4.69) is 14.4 Å². The third kappa shape index (κ3) is 0.605. The number of rotatable bonds is 0. The van der Waals surface area contributed by atoms with Crippen LogP contribution in [0.4, 0.5) is 0 Å². The lowest BCUT2D eigenvalue weighted by atomic mass is 10.3. The van der Waals surface area contributed by atoms with Gasteiger partial charge in [0.25, 0.3) is 0 Å². The Hall–Kier alpha value is -1.64. The summed E-state index contributed by atoms with van der Waals surface area (Å²) in [4.78, 5) is 8.50. The van der Waals surface area contributed by atoms with E-state index in [1.807, 2.05) is 30.6 Å². The van der Waals surface area contributed by atoms with Crippen molar-refractivity contribution in [2.45, 2.75) is 6.54 Å². The first kappa shape index (κ1) is 5.94. The highest BCUT2D eigenvalue weighted by atomic mass is 15.1. The highest BCUT2D eigenvalue weighted by Gasteiger charge is 2.07. The normalized spacial score (nSPS) is 14.0. The Labute approximate surface area is 69.4 Å². The summed E-state index contributed by atoms with van der Waals surface area (Å²) < 4.78 is 2.13. The summed E-state index contributed by atoms with van der Waals surface area (Å²) >= 11 is 0. The molecule has 3 rings (SSSR count). The topological polar surface area (TPSA) is 29.7 Å². The molecule has 12 heavy (non-hydrogen) atoms. The zero-order chi connectivity index (χ0) is 7.97. The molecular formula is C9H7N3. The molecule has 1 aliphatic rings. The number of pyridine rings is 1. The fourth-order valence-corrected chi connectivity index (χ4v) is 1.57. The van der Waals surface area contributed by atoms with Gasteiger partial charge in [-0.2, -0.15) is 0 Å². The van der Waals surface area contributed by atoms with Gasteiger partial charge in [-0.05, 0) is 12.1 Å². The van der Waals surface area contributed by atoms with Crippen LogP contribution in [0.2, 0.25) is 0 Å². The van der Waals surface area contributed by atoms with Crippen LogP contribution in [-0.4, -0.2) is 15.6 Å². The van der Waals surface area contributed by atoms with Crippen molar-refractivity contribution in [3.05, 3.63) is 35.8 Å². The molecule has 0 spiro atoms. The third-order valence-corrected chi connectivity index (χ3v) is 2.11. The molecule has 2 aromatic rings. The summed E-state index contributed by atoms with van der Waals surface area (Å²) in [6.07, 6.45) is 3.77. The van der Waals surface area contributed by atoms with Gasteiger partial charge in [-0.3, -0.25) is 9.39 Å². The zero-order valence-corrected chi connectivity index (χ0v) is 6.44. The van der Waals surface area contributed by atoms with Crippen LogP contribution < -0.4 is 0 Å². The molecule has 0 atom stereocenters. The fraction of sp³-hybridized carbons (Fsp3) is 0.111. The molecule has 0 aromatic carbocycles. The Balaban J connectivity index is 2.57. The van der Waals surface area contributed by atoms with Crippen LogP contribution in [0, 0.1) is 0 Å². The van der Waals surface area contributed by atoms with Crippen LogP contribution in [0.3, 0.4) is 0 Å². The van der Waals surface area contributed by atoms with Crippen molar-refractivity contribution in [1.82, 2.24) is 9.38 Å². The Kier molecular flexibility index (Phi) is 0.961. The van der Waals surface area contributed by atoms with E-state index in [-0.39, 0.29) is 0 Å². The molecule has 0 N–H and O–H groups in total. The minimum atomic E-state index is 0.748. The molecule has 0 fully saturated rings. The Morgan fingerprint density at radius 1 is 1.33 bits per heavy atom. The SMILES string of the molecule is C1=NCc2cnc3cccc1n23. The molecule has 1 aliphatic heterocycles. The summed E-state index contributed by atoms with van der Waals surface area (Å²) in [5.41, 5.74) is 3.29. The van der Waals surface area contributed by atoms with Crippen molar-refractivity contribution >= 4 is 11.9 Å². The first-order chi connectivity index (χ1) is 5.95. The lowest BCUT2D eigenvalue weighted by Crippen LogP contribution is -2.03. The predicted octanol–water partition coefficient (Wildman–Crippen LogP) is 1.27. The lowest BCUT2D eigenvalue weighted by Gasteiger charge is -2.07. The minimum absolute atomic E-state index is 0.748. The molecule has 0 radical (unpaired) electrons. The maximum Gasteiger partial charge on any atom is 0.137 e. The summed E-state index contributed by atoms with van der Waals surface area (Å²) in [5.74, 6) is 0. The molecule has 58 valence electrons. The van der Waals surface area contributed by atoms with E-state index in [1.165, 1.54) is 5.69 Å². The van der Waals surface area contributed by atoms with Crippen LogP contribution in [0.25, 0.3) is 5.65 Å². The molecule has 0 saturated heterocycles. The number of aromatic nitrogens is 2. The van der Waals surface area contributed by atoms with Crippen LogP contribution in [0.5, 0.6) is 0 Å². The van der Waals surface area contributed by atoms with Crippen LogP contribution >= 0.6 is 0 Å². The van der Waals surface area contributed by atoms with Crippen LogP contribution in [0.15, 0.2) is 29.4 Å². The highest BCUT2D eigenvalue weighted by Crippen LogP contribution is 2.13. The van der Waals surface area contributed by atoms with Gasteiger partial charge in [0, 0.05) is 6.21 Å². The summed E-state index contributed by atoms with van der Waals surface area (Å²) in [5, 5.41) is 0. The van der Waals surface area contributed by atoms with E-state index in [0.29, 0.717) is 0 Å². The van der Waals surface area contributed by atoms with Gasteiger partial charge in [-0.25, -0.2) is 4.98 Å². The molecule has 0 aliphatic carbocycles. The molecule has 0 amide bonds. The van der Waals surface area contributed by atoms with Crippen molar-refractivity contribution in [1.29, 1.82) is 0 Å². The number of hydrogen-bond acceptors (Lipinski definition) is 2. The van der Waals surface area contributed by atoms with Crippen molar-refractivity contribution in [3.63, 3.8) is 0 Å². The van der Waals surface area contributed by atoms with E-state index in [1.54, 1.807) is 0 Å². The number of imidazole rings is 1. The molecule has 2 aromatic heterocycles. The summed E-state index contributed by atoms with van der Waals surface area (Å²) in [6, 6.07) is 6.05. The number of nitrogens with zero attached hydrogens (tertiary/aromatic N) is 3. The van der Waals surface area contributed by atoms with Crippen molar-refractivity contribution in [3.8, 4) is 0 Å². The molecule has 3 heterocycles. The van der Waals surface area contributed by atoms with E-state index in [0.717, 1.165) is 17.9 Å². The molecule has 3 nitrogen and oxygen atoms in total. The quantitative estimate of drug-likeness (QED) is 0.566. The Morgan fingerprint density at radius 3 is 3.33 bits per heavy atom. The van der Waals surface area contributed by atoms with Gasteiger partial charge in [-0.15, -0.1) is 0 Å². The van der Waals surface area contributed by atoms with E-state index in [9.17, 15) is 0 Å². The second-order valence-electron chi connectivity index (χ2n) is 2.86. The van der Waals surface area contributed by atoms with Gasteiger partial charge >= 0.3 is 0 Å². The van der Waals surface area contributed by atoms with E-state index >= 15 is 0 Å². The molecule has 3 heteroatoms. The van der Waals surface area contributed by atoms with Gasteiger partial charge in [0.2, 0.25) is 0 Å². The molecule has 0 unspecified atom stereocenters. The third-order valence-electron chi connectivity index (χ3n) is 2.11. The van der Waals surface area contributed by atoms with Crippen LogP contribution in [0.1, 0.15) is 11.4 Å². The summed E-state index contributed by atoms with van der Waals surface area (Å²) in [7, 11) is 0. The second-order valence-corrected chi connectivity index (χ2v) is 2.86. The second kappa shape index (κ2) is 1.94. The zero-order valence-electron chi connectivity index (χ0n) is 6.44. The molecule has 0 bridgehead atoms. The Bertz CT molecular complexity index is 468. The van der Waals surface area contributed by atoms with Gasteiger partial charge in [0.1, 0.15) is 5.65 Å². The van der Waals surface area contributed by atoms with Gasteiger partial charge in [0.05, 0.1) is 24.1 Å². The predicted molar refractivity (Wildman–Crippen MR) is 46.5 cm³/mol. The van der Waals surface area contributed by atoms with Gasteiger partial charge < -0.3 is 0 Å². The number of hydrogen-bond donors (Lipinski definition) is 0. The Morgan fingerprint density at radius 2 is 2.33 bits per heavy atom. The summed E-state index contributed by atoms with van der Waals surface area (Å²) in [6.45, 7) is 0.748. The first-order valence-corrected chi connectivity index (χ1v) is 3.90. The molecular weight excluding hydrogens is 150 g/mol. The highest BCUT2D eigenvalue weighted by molar-refractivity contribution is 5.79. The van der Waals surface area contributed by atoms with Crippen molar-refractivity contribution in [2.24, 2.45) is 4.99 Å².